The minimum absolute atomic E-state index is 0.539. The Kier molecular flexibility index (Phi) is 4.17. The van der Waals surface area contributed by atoms with Crippen LogP contribution in [0.25, 0.3) is 11.3 Å². The number of rotatable bonds is 5. The van der Waals surface area contributed by atoms with Gasteiger partial charge in [0.1, 0.15) is 11.5 Å². The molecule has 3 heteroatoms. The summed E-state index contributed by atoms with van der Waals surface area (Å²) in [4.78, 5) is 0. The molecule has 1 heterocycles. The summed E-state index contributed by atoms with van der Waals surface area (Å²) < 4.78 is 6.07. The summed E-state index contributed by atoms with van der Waals surface area (Å²) in [6, 6.07) is 12.6. The topological polar surface area (TPSA) is 25.2 Å². The lowest BCUT2D eigenvalue weighted by molar-refractivity contribution is -0.0708. The van der Waals surface area contributed by atoms with E-state index in [2.05, 4.69) is 24.4 Å². The highest BCUT2D eigenvalue weighted by Crippen LogP contribution is 2.61. The fourth-order valence-corrected chi connectivity index (χ4v) is 6.64. The van der Waals surface area contributed by atoms with Crippen LogP contribution in [0.2, 0.25) is 5.02 Å². The normalized spacial score (nSPS) is 33.5. The van der Waals surface area contributed by atoms with E-state index in [0.29, 0.717) is 11.5 Å². The van der Waals surface area contributed by atoms with Gasteiger partial charge in [-0.25, -0.2) is 0 Å². The van der Waals surface area contributed by atoms with Gasteiger partial charge in [0.15, 0.2) is 0 Å². The first kappa shape index (κ1) is 16.9. The zero-order chi connectivity index (χ0) is 17.7. The lowest BCUT2D eigenvalue weighted by atomic mass is 9.48. The van der Waals surface area contributed by atoms with Crippen molar-refractivity contribution in [3.05, 3.63) is 47.2 Å². The number of hydrogen-bond donors (Lipinski definition) is 1. The van der Waals surface area contributed by atoms with Crippen molar-refractivity contribution < 1.29 is 4.42 Å². The molecule has 4 saturated carbocycles. The monoisotopic (exact) mass is 369 g/mol. The van der Waals surface area contributed by atoms with Crippen LogP contribution in [0.5, 0.6) is 0 Å². The van der Waals surface area contributed by atoms with Gasteiger partial charge in [-0.15, -0.1) is 0 Å². The Morgan fingerprint density at radius 1 is 1.08 bits per heavy atom. The van der Waals surface area contributed by atoms with Crippen LogP contribution in [-0.4, -0.2) is 6.04 Å². The van der Waals surface area contributed by atoms with Gasteiger partial charge in [-0.3, -0.25) is 0 Å². The molecule has 138 valence electrons. The molecule has 0 aliphatic heterocycles. The van der Waals surface area contributed by atoms with Crippen LogP contribution < -0.4 is 5.32 Å². The quantitative estimate of drug-likeness (QED) is 0.669. The summed E-state index contributed by atoms with van der Waals surface area (Å²) in [6.45, 7) is 3.22. The van der Waals surface area contributed by atoms with Crippen LogP contribution in [-0.2, 0) is 6.54 Å². The molecule has 26 heavy (non-hydrogen) atoms. The maximum absolute atomic E-state index is 6.10. The first-order valence-corrected chi connectivity index (χ1v) is 10.6. The smallest absolute Gasteiger partial charge is 0.134 e. The molecular weight excluding hydrogens is 342 g/mol. The lowest BCUT2D eigenvalue weighted by Crippen LogP contribution is -2.54. The Bertz CT molecular complexity index is 760. The second-order valence-electron chi connectivity index (χ2n) is 9.16. The average Bonchev–Trinajstić information content (AvgIpc) is 3.07. The maximum atomic E-state index is 6.10. The van der Waals surface area contributed by atoms with Crippen molar-refractivity contribution in [3.63, 3.8) is 0 Å². The van der Waals surface area contributed by atoms with E-state index in [1.165, 1.54) is 38.5 Å². The third-order valence-electron chi connectivity index (χ3n) is 7.36. The highest BCUT2D eigenvalue weighted by molar-refractivity contribution is 6.30. The minimum atomic E-state index is 0.539. The number of halogens is 1. The molecule has 0 amide bonds. The fraction of sp³-hybridized carbons (Fsp3) is 0.565. The molecule has 4 fully saturated rings. The van der Waals surface area contributed by atoms with E-state index >= 15 is 0 Å². The van der Waals surface area contributed by atoms with Gasteiger partial charge in [-0.2, -0.15) is 0 Å². The van der Waals surface area contributed by atoms with Gasteiger partial charge in [0.05, 0.1) is 6.54 Å². The maximum Gasteiger partial charge on any atom is 0.134 e. The van der Waals surface area contributed by atoms with Crippen molar-refractivity contribution in [2.75, 3.05) is 0 Å². The number of nitrogens with one attached hydrogen (secondary N) is 1. The molecule has 6 rings (SSSR count). The zero-order valence-corrected chi connectivity index (χ0v) is 16.3. The van der Waals surface area contributed by atoms with Crippen LogP contribution in [0, 0.1) is 23.2 Å². The van der Waals surface area contributed by atoms with Crippen LogP contribution in [0.4, 0.5) is 0 Å². The number of furan rings is 1. The van der Waals surface area contributed by atoms with E-state index in [-0.39, 0.29) is 0 Å². The summed E-state index contributed by atoms with van der Waals surface area (Å²) in [5.74, 6) is 4.92. The Labute approximate surface area is 161 Å². The van der Waals surface area contributed by atoms with Gasteiger partial charge in [0.2, 0.25) is 0 Å². The van der Waals surface area contributed by atoms with Crippen molar-refractivity contribution in [1.82, 2.24) is 5.32 Å². The SMILES string of the molecule is CC(NCc1ccc(-c2cccc(Cl)c2)o1)C12CC3CC(CC(C3)C1)C2. The van der Waals surface area contributed by atoms with E-state index in [0.717, 1.165) is 46.4 Å². The molecule has 0 saturated heterocycles. The predicted molar refractivity (Wildman–Crippen MR) is 106 cm³/mol. The summed E-state index contributed by atoms with van der Waals surface area (Å²) in [5.41, 5.74) is 1.58. The molecule has 4 aliphatic rings. The van der Waals surface area contributed by atoms with E-state index in [1.54, 1.807) is 0 Å². The van der Waals surface area contributed by atoms with Crippen LogP contribution >= 0.6 is 11.6 Å². The first-order chi connectivity index (χ1) is 12.6. The first-order valence-electron chi connectivity index (χ1n) is 10.2. The Balaban J connectivity index is 1.25. The van der Waals surface area contributed by atoms with Crippen LogP contribution in [0.1, 0.15) is 51.2 Å². The fourth-order valence-electron chi connectivity index (χ4n) is 6.45. The van der Waals surface area contributed by atoms with Gasteiger partial charge in [-0.1, -0.05) is 23.7 Å². The summed E-state index contributed by atoms with van der Waals surface area (Å²) >= 11 is 6.10. The van der Waals surface area contributed by atoms with Crippen molar-refractivity contribution in [1.29, 1.82) is 0 Å². The van der Waals surface area contributed by atoms with E-state index < -0.39 is 0 Å². The van der Waals surface area contributed by atoms with E-state index in [4.69, 9.17) is 16.0 Å². The van der Waals surface area contributed by atoms with Crippen LogP contribution in [0.15, 0.2) is 40.8 Å². The van der Waals surface area contributed by atoms with E-state index in [1.807, 2.05) is 24.3 Å². The standard InChI is InChI=1S/C23H28ClNO/c1-15(23-11-16-7-17(12-23)9-18(8-16)13-23)25-14-21-5-6-22(26-21)19-3-2-4-20(24)10-19/h2-6,10,15-18,25H,7-9,11-14H2,1H3. The molecule has 1 aromatic heterocycles. The van der Waals surface area contributed by atoms with Crippen molar-refractivity contribution in [2.45, 2.75) is 58.0 Å². The van der Waals surface area contributed by atoms with Gasteiger partial charge in [-0.05, 0) is 92.9 Å². The second kappa shape index (κ2) is 6.42. The Hall–Kier alpha value is -1.25. The van der Waals surface area contributed by atoms with Crippen molar-refractivity contribution >= 4 is 11.6 Å². The molecule has 0 spiro atoms. The summed E-state index contributed by atoms with van der Waals surface area (Å²) in [7, 11) is 0. The van der Waals surface area contributed by atoms with Gasteiger partial charge >= 0.3 is 0 Å². The molecule has 0 radical (unpaired) electrons. The van der Waals surface area contributed by atoms with Crippen molar-refractivity contribution in [3.8, 4) is 11.3 Å². The van der Waals surface area contributed by atoms with Gasteiger partial charge in [0, 0.05) is 16.6 Å². The lowest BCUT2D eigenvalue weighted by Gasteiger charge is -2.59. The van der Waals surface area contributed by atoms with E-state index in [9.17, 15) is 0 Å². The molecule has 1 unspecified atom stereocenters. The van der Waals surface area contributed by atoms with Crippen molar-refractivity contribution in [2.24, 2.45) is 23.2 Å². The number of benzene rings is 1. The van der Waals surface area contributed by atoms with Gasteiger partial charge < -0.3 is 9.73 Å². The largest absolute Gasteiger partial charge is 0.460 e. The molecule has 2 aromatic rings. The highest BCUT2D eigenvalue weighted by atomic mass is 35.5. The summed E-state index contributed by atoms with van der Waals surface area (Å²) in [6.07, 6.45) is 8.85. The van der Waals surface area contributed by atoms with Crippen LogP contribution in [0.3, 0.4) is 0 Å². The molecule has 2 nitrogen and oxygen atoms in total. The molecule has 4 bridgehead atoms. The molecular formula is C23H28ClNO. The third-order valence-corrected chi connectivity index (χ3v) is 7.59. The van der Waals surface area contributed by atoms with Gasteiger partial charge in [0.25, 0.3) is 0 Å². The Morgan fingerprint density at radius 2 is 1.77 bits per heavy atom. The summed E-state index contributed by atoms with van der Waals surface area (Å²) in [5, 5.41) is 4.56. The molecule has 1 N–H and O–H groups in total. The highest BCUT2D eigenvalue weighted by Gasteiger charge is 2.52. The third kappa shape index (κ3) is 3.01. The number of hydrogen-bond acceptors (Lipinski definition) is 2. The Morgan fingerprint density at radius 3 is 2.42 bits per heavy atom. The molecule has 1 atom stereocenters. The zero-order valence-electron chi connectivity index (χ0n) is 15.5. The predicted octanol–water partition coefficient (Wildman–Crippen LogP) is 6.29. The molecule has 4 aliphatic carbocycles. The second-order valence-corrected chi connectivity index (χ2v) is 9.60. The average molecular weight is 370 g/mol. The molecule has 1 aromatic carbocycles. The minimum Gasteiger partial charge on any atom is -0.460 e.